The third-order valence-electron chi connectivity index (χ3n) is 4.11. The third kappa shape index (κ3) is 3.73. The van der Waals surface area contributed by atoms with Gasteiger partial charge in [-0.1, -0.05) is 12.1 Å². The fourth-order valence-electron chi connectivity index (χ4n) is 2.67. The van der Waals surface area contributed by atoms with Crippen LogP contribution in [-0.2, 0) is 7.05 Å². The van der Waals surface area contributed by atoms with Crippen molar-refractivity contribution in [2.24, 2.45) is 7.05 Å². The van der Waals surface area contributed by atoms with Crippen LogP contribution in [-0.4, -0.2) is 38.4 Å². The first kappa shape index (κ1) is 16.4. The minimum Gasteiger partial charge on any atom is -0.387 e. The van der Waals surface area contributed by atoms with Crippen LogP contribution in [0.5, 0.6) is 0 Å². The van der Waals surface area contributed by atoms with Gasteiger partial charge in [0, 0.05) is 19.2 Å². The first-order valence-electron chi connectivity index (χ1n) is 7.96. The summed E-state index contributed by atoms with van der Waals surface area (Å²) in [6, 6.07) is 7.34. The van der Waals surface area contributed by atoms with Gasteiger partial charge in [0.2, 0.25) is 0 Å². The zero-order valence-electron chi connectivity index (χ0n) is 13.7. The maximum atomic E-state index is 13.0. The van der Waals surface area contributed by atoms with Gasteiger partial charge in [-0.05, 0) is 37.5 Å². The Balaban J connectivity index is 1.69. The summed E-state index contributed by atoms with van der Waals surface area (Å²) in [6.45, 7) is 2.02. The predicted octanol–water partition coefficient (Wildman–Crippen LogP) is 2.60. The number of nitrogens with one attached hydrogen (secondary N) is 1. The van der Waals surface area contributed by atoms with E-state index >= 15 is 0 Å². The Hall–Kier alpha value is -2.41. The number of aryl methyl sites for hydroxylation is 2. The molecule has 0 saturated heterocycles. The molecule has 0 radical (unpaired) electrons. The molecular weight excluding hydrogens is 311 g/mol. The van der Waals surface area contributed by atoms with Gasteiger partial charge >= 0.3 is 6.03 Å². The lowest BCUT2D eigenvalue weighted by Gasteiger charge is -2.25. The molecule has 6 nitrogen and oxygen atoms in total. The zero-order valence-corrected chi connectivity index (χ0v) is 13.7. The molecule has 2 aromatic rings. The van der Waals surface area contributed by atoms with E-state index in [1.165, 1.54) is 24.3 Å². The van der Waals surface area contributed by atoms with E-state index in [4.69, 9.17) is 0 Å². The molecule has 1 aromatic heterocycles. The van der Waals surface area contributed by atoms with Gasteiger partial charge in [-0.15, -0.1) is 0 Å². The van der Waals surface area contributed by atoms with Gasteiger partial charge in [0.15, 0.2) is 0 Å². The highest BCUT2D eigenvalue weighted by molar-refractivity contribution is 5.89. The molecule has 3 rings (SSSR count). The number of amides is 2. The Labute approximate surface area is 139 Å². The van der Waals surface area contributed by atoms with Crippen molar-refractivity contribution >= 4 is 11.8 Å². The number of carbonyl (C=O) groups is 1. The van der Waals surface area contributed by atoms with Crippen LogP contribution in [0, 0.1) is 12.7 Å². The van der Waals surface area contributed by atoms with E-state index in [0.717, 1.165) is 18.5 Å². The van der Waals surface area contributed by atoms with Crippen molar-refractivity contribution in [1.82, 2.24) is 14.7 Å². The average molecular weight is 332 g/mol. The highest BCUT2D eigenvalue weighted by Gasteiger charge is 2.34. The van der Waals surface area contributed by atoms with Crippen molar-refractivity contribution in [3.05, 3.63) is 47.4 Å². The summed E-state index contributed by atoms with van der Waals surface area (Å²) >= 11 is 0. The number of urea groups is 1. The molecule has 1 unspecified atom stereocenters. The summed E-state index contributed by atoms with van der Waals surface area (Å²) in [4.78, 5) is 14.2. The molecule has 0 spiro atoms. The molecule has 1 heterocycles. The van der Waals surface area contributed by atoms with Gasteiger partial charge in [-0.2, -0.15) is 5.10 Å². The largest absolute Gasteiger partial charge is 0.387 e. The van der Waals surface area contributed by atoms with Crippen molar-refractivity contribution in [3.63, 3.8) is 0 Å². The Morgan fingerprint density at radius 3 is 2.67 bits per heavy atom. The van der Waals surface area contributed by atoms with Crippen molar-refractivity contribution < 1.29 is 14.3 Å². The van der Waals surface area contributed by atoms with Crippen molar-refractivity contribution in [1.29, 1.82) is 0 Å². The number of halogens is 1. The smallest absolute Gasteiger partial charge is 0.323 e. The number of aromatic nitrogens is 2. The maximum Gasteiger partial charge on any atom is 0.323 e. The van der Waals surface area contributed by atoms with Gasteiger partial charge in [-0.25, -0.2) is 9.18 Å². The van der Waals surface area contributed by atoms with Crippen LogP contribution in [0.25, 0.3) is 0 Å². The minimum atomic E-state index is -0.856. The number of hydrogen-bond donors (Lipinski definition) is 2. The molecule has 1 fully saturated rings. The van der Waals surface area contributed by atoms with E-state index in [2.05, 4.69) is 10.4 Å². The van der Waals surface area contributed by atoms with E-state index in [-0.39, 0.29) is 24.4 Å². The summed E-state index contributed by atoms with van der Waals surface area (Å²) < 4.78 is 14.6. The average Bonchev–Trinajstić information content (AvgIpc) is 3.31. The van der Waals surface area contributed by atoms with E-state index in [9.17, 15) is 14.3 Å². The first-order valence-corrected chi connectivity index (χ1v) is 7.96. The molecule has 2 N–H and O–H groups in total. The standard InChI is InChI=1S/C17H21FN4O2/c1-11-9-16(21(2)20-11)19-17(24)22(14-7-8-14)10-15(23)12-3-5-13(18)6-4-12/h3-6,9,14-15,23H,7-8,10H2,1-2H3,(H,19,24). The fourth-order valence-corrected chi connectivity index (χ4v) is 2.67. The highest BCUT2D eigenvalue weighted by Crippen LogP contribution is 2.29. The van der Waals surface area contributed by atoms with Gasteiger partial charge in [0.05, 0.1) is 18.3 Å². The third-order valence-corrected chi connectivity index (χ3v) is 4.11. The topological polar surface area (TPSA) is 70.4 Å². The first-order chi connectivity index (χ1) is 11.4. The lowest BCUT2D eigenvalue weighted by atomic mass is 10.1. The molecule has 1 aromatic carbocycles. The van der Waals surface area contributed by atoms with Crippen molar-refractivity contribution in [3.8, 4) is 0 Å². The van der Waals surface area contributed by atoms with E-state index in [1.54, 1.807) is 22.7 Å². The quantitative estimate of drug-likeness (QED) is 0.884. The van der Waals surface area contributed by atoms with Crippen LogP contribution in [0.2, 0.25) is 0 Å². The number of nitrogens with zero attached hydrogens (tertiary/aromatic N) is 3. The van der Waals surface area contributed by atoms with Crippen LogP contribution in [0.1, 0.15) is 30.2 Å². The molecular formula is C17H21FN4O2. The van der Waals surface area contributed by atoms with Crippen LogP contribution in [0.3, 0.4) is 0 Å². The Kier molecular flexibility index (Phi) is 4.53. The molecule has 1 aliphatic carbocycles. The Bertz CT molecular complexity index is 725. The van der Waals surface area contributed by atoms with Crippen molar-refractivity contribution in [2.75, 3.05) is 11.9 Å². The number of hydrogen-bond acceptors (Lipinski definition) is 3. The van der Waals surface area contributed by atoms with Gasteiger partial charge in [-0.3, -0.25) is 10.00 Å². The summed E-state index contributed by atoms with van der Waals surface area (Å²) in [6.07, 6.45) is 0.993. The molecule has 128 valence electrons. The normalized spacial score (nSPS) is 15.2. The second-order valence-electron chi connectivity index (χ2n) is 6.18. The molecule has 2 amide bonds. The highest BCUT2D eigenvalue weighted by atomic mass is 19.1. The Morgan fingerprint density at radius 2 is 2.12 bits per heavy atom. The number of aliphatic hydroxyl groups is 1. The predicted molar refractivity (Wildman–Crippen MR) is 88.1 cm³/mol. The van der Waals surface area contributed by atoms with E-state index in [1.807, 2.05) is 6.92 Å². The molecule has 0 aliphatic heterocycles. The van der Waals surface area contributed by atoms with Crippen LogP contribution in [0.4, 0.5) is 15.0 Å². The lowest BCUT2D eigenvalue weighted by molar-refractivity contribution is 0.123. The monoisotopic (exact) mass is 332 g/mol. The zero-order chi connectivity index (χ0) is 17.3. The van der Waals surface area contributed by atoms with Crippen LogP contribution < -0.4 is 5.32 Å². The van der Waals surface area contributed by atoms with E-state index in [0.29, 0.717) is 11.4 Å². The van der Waals surface area contributed by atoms with Gasteiger partial charge in [0.1, 0.15) is 11.6 Å². The van der Waals surface area contributed by atoms with E-state index < -0.39 is 6.10 Å². The molecule has 1 saturated carbocycles. The van der Waals surface area contributed by atoms with Gasteiger partial charge in [0.25, 0.3) is 0 Å². The minimum absolute atomic E-state index is 0.134. The second kappa shape index (κ2) is 6.60. The number of rotatable bonds is 5. The molecule has 0 bridgehead atoms. The summed E-state index contributed by atoms with van der Waals surface area (Å²) in [5.41, 5.74) is 1.41. The lowest BCUT2D eigenvalue weighted by Crippen LogP contribution is -2.40. The number of aliphatic hydroxyl groups excluding tert-OH is 1. The van der Waals surface area contributed by atoms with Crippen molar-refractivity contribution in [2.45, 2.75) is 31.9 Å². The molecule has 1 aliphatic rings. The van der Waals surface area contributed by atoms with Crippen LogP contribution in [0.15, 0.2) is 30.3 Å². The summed E-state index contributed by atoms with van der Waals surface area (Å²) in [5, 5.41) is 17.4. The number of carbonyl (C=O) groups excluding carboxylic acids is 1. The fraction of sp³-hybridized carbons (Fsp3) is 0.412. The summed E-state index contributed by atoms with van der Waals surface area (Å²) in [5.74, 6) is 0.258. The van der Waals surface area contributed by atoms with Crippen LogP contribution >= 0.6 is 0 Å². The molecule has 1 atom stereocenters. The second-order valence-corrected chi connectivity index (χ2v) is 6.18. The number of benzene rings is 1. The Morgan fingerprint density at radius 1 is 1.46 bits per heavy atom. The SMILES string of the molecule is Cc1cc(NC(=O)N(CC(O)c2ccc(F)cc2)C2CC2)n(C)n1. The molecule has 7 heteroatoms. The summed E-state index contributed by atoms with van der Waals surface area (Å²) in [7, 11) is 1.76. The maximum absolute atomic E-state index is 13.0. The molecule has 24 heavy (non-hydrogen) atoms. The van der Waals surface area contributed by atoms with Gasteiger partial charge < -0.3 is 10.0 Å². The number of anilines is 1.